The van der Waals surface area contributed by atoms with E-state index in [1.165, 1.54) is 11.8 Å². The van der Waals surface area contributed by atoms with Crippen LogP contribution in [0.25, 0.3) is 0 Å². The molecular formula is C24H29N3O2S. The molecule has 0 bridgehead atoms. The van der Waals surface area contributed by atoms with Gasteiger partial charge in [0.15, 0.2) is 5.17 Å². The summed E-state index contributed by atoms with van der Waals surface area (Å²) in [6.45, 7) is 8.67. The topological polar surface area (TPSA) is 61.8 Å². The van der Waals surface area contributed by atoms with Crippen LogP contribution in [0.1, 0.15) is 42.9 Å². The van der Waals surface area contributed by atoms with Crippen molar-refractivity contribution in [3.63, 3.8) is 0 Å². The van der Waals surface area contributed by atoms with Crippen LogP contribution in [0.4, 0.5) is 11.4 Å². The number of hydrogen-bond acceptors (Lipinski definition) is 4. The Hall–Kier alpha value is -2.60. The van der Waals surface area contributed by atoms with Crippen LogP contribution in [-0.2, 0) is 9.59 Å². The molecule has 1 saturated heterocycles. The highest BCUT2D eigenvalue weighted by atomic mass is 32.2. The lowest BCUT2D eigenvalue weighted by molar-refractivity contribution is -0.128. The van der Waals surface area contributed by atoms with E-state index in [0.29, 0.717) is 11.7 Å². The molecule has 1 N–H and O–H groups in total. The molecule has 1 aliphatic heterocycles. The van der Waals surface area contributed by atoms with Gasteiger partial charge in [-0.25, -0.2) is 4.99 Å². The number of nitrogens with one attached hydrogen (secondary N) is 1. The summed E-state index contributed by atoms with van der Waals surface area (Å²) in [6, 6.07) is 13.8. The van der Waals surface area contributed by atoms with Crippen LogP contribution in [0.2, 0.25) is 0 Å². The molecule has 1 fully saturated rings. The van der Waals surface area contributed by atoms with E-state index in [0.717, 1.165) is 40.9 Å². The average molecular weight is 424 g/mol. The fraction of sp³-hybridized carbons (Fsp3) is 0.375. The number of aryl methyl sites for hydroxylation is 3. The molecule has 0 aliphatic carbocycles. The molecule has 0 aromatic heterocycles. The molecular weight excluding hydrogens is 394 g/mol. The largest absolute Gasteiger partial charge is 0.326 e. The van der Waals surface area contributed by atoms with Crippen molar-refractivity contribution in [2.75, 3.05) is 11.9 Å². The van der Waals surface area contributed by atoms with Crippen molar-refractivity contribution in [1.82, 2.24) is 4.90 Å². The van der Waals surface area contributed by atoms with Gasteiger partial charge in [0.1, 0.15) is 5.25 Å². The smallest absolute Gasteiger partial charge is 0.242 e. The maximum Gasteiger partial charge on any atom is 0.242 e. The van der Waals surface area contributed by atoms with Crippen LogP contribution in [0.3, 0.4) is 0 Å². The van der Waals surface area contributed by atoms with Crippen molar-refractivity contribution >= 4 is 40.1 Å². The maximum absolute atomic E-state index is 13.1. The lowest BCUT2D eigenvalue weighted by Crippen LogP contribution is -2.34. The summed E-state index contributed by atoms with van der Waals surface area (Å²) >= 11 is 1.39. The Bertz CT molecular complexity index is 950. The molecule has 1 heterocycles. The number of anilines is 1. The van der Waals surface area contributed by atoms with Gasteiger partial charge >= 0.3 is 0 Å². The number of amidine groups is 1. The van der Waals surface area contributed by atoms with Crippen LogP contribution in [0.5, 0.6) is 0 Å². The lowest BCUT2D eigenvalue weighted by Gasteiger charge is -2.16. The molecule has 1 aliphatic rings. The first-order chi connectivity index (χ1) is 14.4. The van der Waals surface area contributed by atoms with Gasteiger partial charge in [-0.3, -0.25) is 14.5 Å². The van der Waals surface area contributed by atoms with Crippen molar-refractivity contribution in [3.05, 3.63) is 59.2 Å². The maximum atomic E-state index is 13.1. The van der Waals surface area contributed by atoms with E-state index in [1.807, 2.05) is 63.2 Å². The number of hydrogen-bond donors (Lipinski definition) is 1. The van der Waals surface area contributed by atoms with E-state index >= 15 is 0 Å². The highest BCUT2D eigenvalue weighted by Gasteiger charge is 2.39. The number of rotatable bonds is 7. The predicted molar refractivity (Wildman–Crippen MR) is 125 cm³/mol. The van der Waals surface area contributed by atoms with Gasteiger partial charge in [-0.15, -0.1) is 0 Å². The third-order valence-corrected chi connectivity index (χ3v) is 6.38. The summed E-state index contributed by atoms with van der Waals surface area (Å²) in [5.41, 5.74) is 4.77. The number of carbonyl (C=O) groups is 2. The predicted octanol–water partition coefficient (Wildman–Crippen LogP) is 5.37. The SMILES string of the molecule is CCCCN1C(=O)[C@@H](CC(=O)Nc2c(C)cccc2C)SC1=Nc1ccccc1C. The normalized spacial score (nSPS) is 17.6. The van der Waals surface area contributed by atoms with Gasteiger partial charge in [-0.2, -0.15) is 0 Å². The summed E-state index contributed by atoms with van der Waals surface area (Å²) in [6.07, 6.45) is 2.02. The van der Waals surface area contributed by atoms with E-state index in [4.69, 9.17) is 4.99 Å². The van der Waals surface area contributed by atoms with Gasteiger partial charge < -0.3 is 5.32 Å². The first-order valence-electron chi connectivity index (χ1n) is 10.4. The Kier molecular flexibility index (Phi) is 7.32. The van der Waals surface area contributed by atoms with Crippen LogP contribution >= 0.6 is 11.8 Å². The van der Waals surface area contributed by atoms with Crippen LogP contribution in [-0.4, -0.2) is 33.7 Å². The number of aliphatic imine (C=N–C) groups is 1. The quantitative estimate of drug-likeness (QED) is 0.651. The summed E-state index contributed by atoms with van der Waals surface area (Å²) in [5, 5.41) is 3.23. The highest BCUT2D eigenvalue weighted by molar-refractivity contribution is 8.15. The summed E-state index contributed by atoms with van der Waals surface area (Å²) in [5.74, 6) is -0.178. The number of thioether (sulfide) groups is 1. The minimum Gasteiger partial charge on any atom is -0.326 e. The van der Waals surface area contributed by atoms with Crippen molar-refractivity contribution < 1.29 is 9.59 Å². The molecule has 3 rings (SSSR count). The van der Waals surface area contributed by atoms with Crippen LogP contribution < -0.4 is 5.32 Å². The Labute approximate surface area is 183 Å². The number of benzene rings is 2. The summed E-state index contributed by atoms with van der Waals surface area (Å²) < 4.78 is 0. The first-order valence-corrected chi connectivity index (χ1v) is 11.3. The molecule has 2 aromatic carbocycles. The molecule has 30 heavy (non-hydrogen) atoms. The summed E-state index contributed by atoms with van der Waals surface area (Å²) in [4.78, 5) is 32.3. The molecule has 0 radical (unpaired) electrons. The van der Waals surface area contributed by atoms with Crippen molar-refractivity contribution in [2.45, 2.75) is 52.2 Å². The van der Waals surface area contributed by atoms with E-state index in [1.54, 1.807) is 4.90 Å². The van der Waals surface area contributed by atoms with Crippen molar-refractivity contribution in [2.24, 2.45) is 4.99 Å². The zero-order valence-corrected chi connectivity index (χ0v) is 18.9. The van der Waals surface area contributed by atoms with Gasteiger partial charge in [0.05, 0.1) is 5.69 Å². The minimum atomic E-state index is -0.450. The van der Waals surface area contributed by atoms with Crippen molar-refractivity contribution in [1.29, 1.82) is 0 Å². The fourth-order valence-electron chi connectivity index (χ4n) is 3.41. The minimum absolute atomic E-state index is 0.0301. The molecule has 0 spiro atoms. The third-order valence-electron chi connectivity index (χ3n) is 5.20. The van der Waals surface area contributed by atoms with E-state index in [-0.39, 0.29) is 18.2 Å². The average Bonchev–Trinajstić information content (AvgIpc) is 2.99. The van der Waals surface area contributed by atoms with Gasteiger partial charge in [-0.05, 0) is 49.9 Å². The second-order valence-corrected chi connectivity index (χ2v) is 8.82. The second-order valence-electron chi connectivity index (χ2n) is 7.65. The zero-order valence-electron chi connectivity index (χ0n) is 18.1. The third kappa shape index (κ3) is 5.11. The molecule has 2 aromatic rings. The monoisotopic (exact) mass is 423 g/mol. The number of carbonyl (C=O) groups excluding carboxylic acids is 2. The van der Waals surface area contributed by atoms with E-state index in [2.05, 4.69) is 12.2 Å². The fourth-order valence-corrected chi connectivity index (χ4v) is 4.59. The van der Waals surface area contributed by atoms with Crippen molar-refractivity contribution in [3.8, 4) is 0 Å². The molecule has 1 atom stereocenters. The van der Waals surface area contributed by atoms with E-state index in [9.17, 15) is 9.59 Å². The number of amides is 2. The number of para-hydroxylation sites is 2. The van der Waals surface area contributed by atoms with Gasteiger partial charge in [0.25, 0.3) is 0 Å². The Balaban J connectivity index is 1.78. The first kappa shape index (κ1) is 22.1. The second kappa shape index (κ2) is 9.94. The molecule has 158 valence electrons. The zero-order chi connectivity index (χ0) is 21.7. The van der Waals surface area contributed by atoms with Crippen LogP contribution in [0, 0.1) is 20.8 Å². The Morgan fingerprint density at radius 2 is 1.73 bits per heavy atom. The molecule has 6 heteroatoms. The Morgan fingerprint density at radius 1 is 1.07 bits per heavy atom. The molecule has 0 unspecified atom stereocenters. The lowest BCUT2D eigenvalue weighted by atomic mass is 10.1. The highest BCUT2D eigenvalue weighted by Crippen LogP contribution is 2.33. The van der Waals surface area contributed by atoms with Gasteiger partial charge in [-0.1, -0.05) is 61.5 Å². The molecule has 0 saturated carbocycles. The summed E-state index contributed by atoms with van der Waals surface area (Å²) in [7, 11) is 0. The van der Waals surface area contributed by atoms with Gasteiger partial charge in [0, 0.05) is 18.7 Å². The molecule has 5 nitrogen and oxygen atoms in total. The van der Waals surface area contributed by atoms with E-state index < -0.39 is 5.25 Å². The Morgan fingerprint density at radius 3 is 2.40 bits per heavy atom. The van der Waals surface area contributed by atoms with Gasteiger partial charge in [0.2, 0.25) is 11.8 Å². The number of unbranched alkanes of at least 4 members (excludes halogenated alkanes) is 1. The standard InChI is InChI=1S/C24H29N3O2S/c1-5-6-14-27-23(29)20(30-24(27)25-19-13-8-7-10-16(19)2)15-21(28)26-22-17(3)11-9-12-18(22)4/h7-13,20H,5-6,14-15H2,1-4H3,(H,26,28)/t20-/m1/s1. The van der Waals surface area contributed by atoms with Crippen LogP contribution in [0.15, 0.2) is 47.5 Å². The molecule has 2 amide bonds. The number of nitrogens with zero attached hydrogens (tertiary/aromatic N) is 2.